The van der Waals surface area contributed by atoms with Crippen LogP contribution in [0.1, 0.15) is 42.2 Å². The predicted octanol–water partition coefficient (Wildman–Crippen LogP) is 3.98. The number of amides is 1. The topological polar surface area (TPSA) is 47.6 Å². The molecule has 4 nitrogen and oxygen atoms in total. The van der Waals surface area contributed by atoms with Crippen LogP contribution in [0.3, 0.4) is 0 Å². The highest BCUT2D eigenvalue weighted by Gasteiger charge is 2.19. The van der Waals surface area contributed by atoms with Crippen molar-refractivity contribution in [1.29, 1.82) is 0 Å². The SMILES string of the molecule is CC(C)C[C@@H](NC(=O)c1ccc2c(c1)OCCO2)c1ccccc1. The van der Waals surface area contributed by atoms with Gasteiger partial charge in [-0.1, -0.05) is 44.2 Å². The Bertz CT molecular complexity index is 697. The minimum Gasteiger partial charge on any atom is -0.486 e. The monoisotopic (exact) mass is 325 g/mol. The van der Waals surface area contributed by atoms with E-state index in [-0.39, 0.29) is 11.9 Å². The maximum Gasteiger partial charge on any atom is 0.251 e. The quantitative estimate of drug-likeness (QED) is 0.904. The Kier molecular flexibility index (Phi) is 5.04. The predicted molar refractivity (Wildman–Crippen MR) is 93.5 cm³/mol. The molecule has 1 aliphatic rings. The fourth-order valence-electron chi connectivity index (χ4n) is 2.86. The molecular weight excluding hydrogens is 302 g/mol. The summed E-state index contributed by atoms with van der Waals surface area (Å²) in [6.45, 7) is 5.37. The second-order valence-electron chi connectivity index (χ2n) is 6.42. The summed E-state index contributed by atoms with van der Waals surface area (Å²) in [5.74, 6) is 1.71. The number of hydrogen-bond acceptors (Lipinski definition) is 3. The highest BCUT2D eigenvalue weighted by atomic mass is 16.6. The lowest BCUT2D eigenvalue weighted by atomic mass is 9.96. The molecule has 126 valence electrons. The van der Waals surface area contributed by atoms with E-state index in [2.05, 4.69) is 31.3 Å². The van der Waals surface area contributed by atoms with Crippen LogP contribution in [0.25, 0.3) is 0 Å². The standard InChI is InChI=1S/C20H23NO3/c1-14(2)12-17(15-6-4-3-5-7-15)21-20(22)16-8-9-18-19(13-16)24-11-10-23-18/h3-9,13-14,17H,10-12H2,1-2H3,(H,21,22)/t17-/m1/s1. The van der Waals surface area contributed by atoms with Crippen LogP contribution in [0, 0.1) is 5.92 Å². The molecule has 0 fully saturated rings. The van der Waals surface area contributed by atoms with Crippen LogP contribution >= 0.6 is 0 Å². The third-order valence-corrected chi connectivity index (χ3v) is 4.02. The van der Waals surface area contributed by atoms with Gasteiger partial charge in [0.1, 0.15) is 13.2 Å². The first-order valence-electron chi connectivity index (χ1n) is 8.39. The van der Waals surface area contributed by atoms with E-state index in [4.69, 9.17) is 9.47 Å². The van der Waals surface area contributed by atoms with Crippen LogP contribution in [-0.2, 0) is 0 Å². The van der Waals surface area contributed by atoms with Crippen molar-refractivity contribution in [2.45, 2.75) is 26.3 Å². The van der Waals surface area contributed by atoms with E-state index in [0.717, 1.165) is 12.0 Å². The molecule has 1 amide bonds. The van der Waals surface area contributed by atoms with Crippen LogP contribution in [0.15, 0.2) is 48.5 Å². The molecule has 0 aromatic heterocycles. The summed E-state index contributed by atoms with van der Waals surface area (Å²) in [5, 5.41) is 3.15. The van der Waals surface area contributed by atoms with Gasteiger partial charge in [-0.3, -0.25) is 4.79 Å². The second-order valence-corrected chi connectivity index (χ2v) is 6.42. The lowest BCUT2D eigenvalue weighted by Crippen LogP contribution is -2.29. The summed E-state index contributed by atoms with van der Waals surface area (Å²) < 4.78 is 11.1. The maximum atomic E-state index is 12.7. The van der Waals surface area contributed by atoms with Crippen LogP contribution in [0.4, 0.5) is 0 Å². The Morgan fingerprint density at radius 3 is 2.46 bits per heavy atom. The number of rotatable bonds is 5. The van der Waals surface area contributed by atoms with Gasteiger partial charge in [0.05, 0.1) is 6.04 Å². The highest BCUT2D eigenvalue weighted by molar-refractivity contribution is 5.95. The first-order chi connectivity index (χ1) is 11.6. The zero-order valence-electron chi connectivity index (χ0n) is 14.1. The van der Waals surface area contributed by atoms with E-state index in [1.165, 1.54) is 0 Å². The summed E-state index contributed by atoms with van der Waals surface area (Å²) in [6, 6.07) is 15.4. The van der Waals surface area contributed by atoms with Crippen molar-refractivity contribution in [2.24, 2.45) is 5.92 Å². The van der Waals surface area contributed by atoms with Crippen LogP contribution in [-0.4, -0.2) is 19.1 Å². The molecule has 0 saturated carbocycles. The second kappa shape index (κ2) is 7.39. The van der Waals surface area contributed by atoms with Crippen molar-refractivity contribution in [2.75, 3.05) is 13.2 Å². The molecule has 2 aromatic rings. The van der Waals surface area contributed by atoms with Gasteiger partial charge in [0.15, 0.2) is 11.5 Å². The average molecular weight is 325 g/mol. The van der Waals surface area contributed by atoms with E-state index in [9.17, 15) is 4.79 Å². The zero-order chi connectivity index (χ0) is 16.9. The molecule has 0 aliphatic carbocycles. The third-order valence-electron chi connectivity index (χ3n) is 4.02. The number of ether oxygens (including phenoxy) is 2. The van der Waals surface area contributed by atoms with Crippen molar-refractivity contribution in [1.82, 2.24) is 5.32 Å². The van der Waals surface area contributed by atoms with Gasteiger partial charge in [-0.2, -0.15) is 0 Å². The fourth-order valence-corrected chi connectivity index (χ4v) is 2.86. The summed E-state index contributed by atoms with van der Waals surface area (Å²) in [7, 11) is 0. The Morgan fingerprint density at radius 2 is 1.75 bits per heavy atom. The van der Waals surface area contributed by atoms with E-state index in [1.807, 2.05) is 18.2 Å². The van der Waals surface area contributed by atoms with Gasteiger partial charge in [0, 0.05) is 5.56 Å². The average Bonchev–Trinajstić information content (AvgIpc) is 2.61. The van der Waals surface area contributed by atoms with Crippen LogP contribution in [0.2, 0.25) is 0 Å². The largest absolute Gasteiger partial charge is 0.486 e. The van der Waals surface area contributed by atoms with Crippen molar-refractivity contribution < 1.29 is 14.3 Å². The molecule has 0 spiro atoms. The summed E-state index contributed by atoms with van der Waals surface area (Å²) in [4.78, 5) is 12.7. The minimum atomic E-state index is -0.0959. The first-order valence-corrected chi connectivity index (χ1v) is 8.39. The summed E-state index contributed by atoms with van der Waals surface area (Å²) in [5.41, 5.74) is 1.71. The van der Waals surface area contributed by atoms with E-state index >= 15 is 0 Å². The van der Waals surface area contributed by atoms with E-state index < -0.39 is 0 Å². The Labute approximate surface area is 142 Å². The van der Waals surface area contributed by atoms with Gasteiger partial charge in [-0.25, -0.2) is 0 Å². The van der Waals surface area contributed by atoms with Gasteiger partial charge in [0.25, 0.3) is 5.91 Å². The molecule has 1 aliphatic heterocycles. The summed E-state index contributed by atoms with van der Waals surface area (Å²) in [6.07, 6.45) is 0.889. The molecule has 3 rings (SSSR count). The Morgan fingerprint density at radius 1 is 1.04 bits per heavy atom. The third kappa shape index (κ3) is 3.88. The Balaban J connectivity index is 1.78. The molecule has 0 radical (unpaired) electrons. The summed E-state index contributed by atoms with van der Waals surface area (Å²) >= 11 is 0. The smallest absolute Gasteiger partial charge is 0.251 e. The molecular formula is C20H23NO3. The molecule has 0 bridgehead atoms. The molecule has 24 heavy (non-hydrogen) atoms. The maximum absolute atomic E-state index is 12.7. The molecule has 1 heterocycles. The minimum absolute atomic E-state index is 0.00750. The van der Waals surface area contributed by atoms with Crippen molar-refractivity contribution in [3.8, 4) is 11.5 Å². The van der Waals surface area contributed by atoms with Gasteiger partial charge < -0.3 is 14.8 Å². The van der Waals surface area contributed by atoms with Crippen LogP contribution in [0.5, 0.6) is 11.5 Å². The van der Waals surface area contributed by atoms with Crippen molar-refractivity contribution in [3.05, 3.63) is 59.7 Å². The van der Waals surface area contributed by atoms with Gasteiger partial charge in [0.2, 0.25) is 0 Å². The lowest BCUT2D eigenvalue weighted by molar-refractivity contribution is 0.0930. The number of hydrogen-bond donors (Lipinski definition) is 1. The number of fused-ring (bicyclic) bond motifs is 1. The van der Waals surface area contributed by atoms with Gasteiger partial charge in [-0.15, -0.1) is 0 Å². The fraction of sp³-hybridized carbons (Fsp3) is 0.350. The van der Waals surface area contributed by atoms with Crippen LogP contribution < -0.4 is 14.8 Å². The molecule has 4 heteroatoms. The zero-order valence-corrected chi connectivity index (χ0v) is 14.1. The van der Waals surface area contributed by atoms with Crippen molar-refractivity contribution in [3.63, 3.8) is 0 Å². The normalized spacial score (nSPS) is 14.3. The van der Waals surface area contributed by atoms with Gasteiger partial charge in [-0.05, 0) is 36.1 Å². The number of carbonyl (C=O) groups excluding carboxylic acids is 1. The molecule has 1 atom stereocenters. The number of carbonyl (C=O) groups is 1. The highest BCUT2D eigenvalue weighted by Crippen LogP contribution is 2.31. The van der Waals surface area contributed by atoms with E-state index in [1.54, 1.807) is 18.2 Å². The molecule has 2 aromatic carbocycles. The van der Waals surface area contributed by atoms with E-state index in [0.29, 0.717) is 36.2 Å². The van der Waals surface area contributed by atoms with Gasteiger partial charge >= 0.3 is 0 Å². The molecule has 0 saturated heterocycles. The number of nitrogens with one attached hydrogen (secondary N) is 1. The number of benzene rings is 2. The van der Waals surface area contributed by atoms with Crippen molar-refractivity contribution >= 4 is 5.91 Å². The lowest BCUT2D eigenvalue weighted by Gasteiger charge is -2.22. The molecule has 1 N–H and O–H groups in total. The molecule has 0 unspecified atom stereocenters. The Hall–Kier alpha value is -2.49. The first kappa shape index (κ1) is 16.4.